The molecule has 2 atom stereocenters. The number of rotatable bonds is 7. The van der Waals surface area contributed by atoms with Gasteiger partial charge in [0.1, 0.15) is 45.6 Å². The minimum Gasteiger partial charge on any atom is -0.381 e. The maximum Gasteiger partial charge on any atom is 0.263 e. The molecular formula is C23H20F3N5O2S. The molecular weight excluding hydrogens is 467 g/mol. The van der Waals surface area contributed by atoms with Gasteiger partial charge in [-0.05, 0) is 44.2 Å². The lowest BCUT2D eigenvalue weighted by atomic mass is 9.86. The molecule has 2 aromatic carbocycles. The highest BCUT2D eigenvalue weighted by Crippen LogP contribution is 2.32. The van der Waals surface area contributed by atoms with Crippen LogP contribution in [0.5, 0.6) is 0 Å². The van der Waals surface area contributed by atoms with E-state index in [4.69, 9.17) is 0 Å². The lowest BCUT2D eigenvalue weighted by molar-refractivity contribution is -0.0185. The summed E-state index contributed by atoms with van der Waals surface area (Å²) in [4.78, 5) is 21.6. The normalized spacial score (nSPS) is 13.9. The predicted molar refractivity (Wildman–Crippen MR) is 119 cm³/mol. The van der Waals surface area contributed by atoms with Gasteiger partial charge in [-0.25, -0.2) is 27.8 Å². The smallest absolute Gasteiger partial charge is 0.263 e. The number of aryl methyl sites for hydroxylation is 1. The fourth-order valence-corrected chi connectivity index (χ4v) is 4.54. The first kappa shape index (κ1) is 23.6. The Kier molecular flexibility index (Phi) is 6.49. The monoisotopic (exact) mass is 487 g/mol. The Morgan fingerprint density at radius 3 is 2.53 bits per heavy atom. The van der Waals surface area contributed by atoms with Gasteiger partial charge >= 0.3 is 0 Å². The second kappa shape index (κ2) is 9.35. The van der Waals surface area contributed by atoms with Crippen LogP contribution < -0.4 is 5.32 Å². The third kappa shape index (κ3) is 4.70. The zero-order valence-corrected chi connectivity index (χ0v) is 19.0. The summed E-state index contributed by atoms with van der Waals surface area (Å²) in [5.74, 6) is -2.68. The summed E-state index contributed by atoms with van der Waals surface area (Å²) >= 11 is 1.11. The predicted octanol–water partition coefficient (Wildman–Crippen LogP) is 3.83. The first-order chi connectivity index (χ1) is 16.2. The third-order valence-electron chi connectivity index (χ3n) is 5.43. The quantitative estimate of drug-likeness (QED) is 0.413. The first-order valence-corrected chi connectivity index (χ1v) is 11.0. The minimum absolute atomic E-state index is 0.203. The highest BCUT2D eigenvalue weighted by Gasteiger charge is 2.40. The Morgan fingerprint density at radius 2 is 1.88 bits per heavy atom. The molecule has 0 radical (unpaired) electrons. The molecule has 0 saturated heterocycles. The number of benzene rings is 2. The van der Waals surface area contributed by atoms with Crippen LogP contribution in [-0.4, -0.2) is 36.8 Å². The van der Waals surface area contributed by atoms with Gasteiger partial charge in [0, 0.05) is 17.2 Å². The number of nitrogens with one attached hydrogen (secondary N) is 1. The van der Waals surface area contributed by atoms with Crippen LogP contribution in [0.2, 0.25) is 0 Å². The molecule has 7 nitrogen and oxygen atoms in total. The highest BCUT2D eigenvalue weighted by atomic mass is 32.1. The van der Waals surface area contributed by atoms with Crippen molar-refractivity contribution in [2.45, 2.75) is 32.0 Å². The van der Waals surface area contributed by atoms with Gasteiger partial charge in [0.2, 0.25) is 0 Å². The average Bonchev–Trinajstić information content (AvgIpc) is 3.43. The second-order valence-corrected chi connectivity index (χ2v) is 8.78. The van der Waals surface area contributed by atoms with Crippen molar-refractivity contribution in [2.24, 2.45) is 0 Å². The fourth-order valence-electron chi connectivity index (χ4n) is 3.56. The van der Waals surface area contributed by atoms with E-state index < -0.39 is 29.2 Å². The molecule has 4 aromatic rings. The van der Waals surface area contributed by atoms with Crippen molar-refractivity contribution >= 4 is 17.2 Å². The zero-order chi connectivity index (χ0) is 24.5. The number of thiazole rings is 1. The Bertz CT molecular complexity index is 1310. The number of carbonyl (C=O) groups excluding carboxylic acids is 1. The van der Waals surface area contributed by atoms with Gasteiger partial charge in [0.15, 0.2) is 0 Å². The van der Waals surface area contributed by atoms with E-state index in [1.807, 2.05) is 0 Å². The number of hydrogen-bond donors (Lipinski definition) is 2. The molecule has 34 heavy (non-hydrogen) atoms. The third-order valence-corrected chi connectivity index (χ3v) is 6.63. The van der Waals surface area contributed by atoms with Crippen molar-refractivity contribution in [3.8, 4) is 10.6 Å². The van der Waals surface area contributed by atoms with Gasteiger partial charge in [0.05, 0.1) is 18.3 Å². The summed E-state index contributed by atoms with van der Waals surface area (Å²) in [6.45, 7) is 2.92. The van der Waals surface area contributed by atoms with Crippen LogP contribution in [0.1, 0.15) is 27.9 Å². The largest absolute Gasteiger partial charge is 0.381 e. The number of aromatic nitrogens is 4. The number of amides is 1. The molecule has 0 spiro atoms. The molecule has 2 N–H and O–H groups in total. The molecule has 0 aliphatic heterocycles. The molecule has 11 heteroatoms. The fraction of sp³-hybridized carbons (Fsp3) is 0.217. The molecule has 0 bridgehead atoms. The van der Waals surface area contributed by atoms with Crippen LogP contribution in [0, 0.1) is 24.4 Å². The van der Waals surface area contributed by atoms with E-state index in [2.05, 4.69) is 20.4 Å². The maximum atomic E-state index is 14.7. The van der Waals surface area contributed by atoms with E-state index in [1.165, 1.54) is 36.4 Å². The topological polar surface area (TPSA) is 92.9 Å². The minimum atomic E-state index is -1.99. The number of halogens is 3. The van der Waals surface area contributed by atoms with Gasteiger partial charge in [-0.1, -0.05) is 6.07 Å². The van der Waals surface area contributed by atoms with Crippen LogP contribution in [0.15, 0.2) is 55.1 Å². The standard InChI is InChI=1S/C23H20F3N5O2S/c1-13-20(34-22(29-13)15-3-5-16(24)6-4-15)21(32)30-14(2)23(33,10-31-12-27-11-28-31)18-8-7-17(25)9-19(18)26/h3-9,11-12,14,33H,10H2,1-2H3,(H,30,32)/t14-,23-/m1/s1. The van der Waals surface area contributed by atoms with Crippen molar-refractivity contribution in [2.75, 3.05) is 0 Å². The van der Waals surface area contributed by atoms with Gasteiger partial charge in [-0.15, -0.1) is 11.3 Å². The number of carbonyl (C=O) groups is 1. The highest BCUT2D eigenvalue weighted by molar-refractivity contribution is 7.17. The zero-order valence-electron chi connectivity index (χ0n) is 18.2. The number of nitrogens with zero attached hydrogens (tertiary/aromatic N) is 4. The summed E-state index contributed by atoms with van der Waals surface area (Å²) < 4.78 is 42.7. The van der Waals surface area contributed by atoms with E-state index in [0.717, 1.165) is 23.5 Å². The molecule has 0 aliphatic carbocycles. The molecule has 0 unspecified atom stereocenters. The van der Waals surface area contributed by atoms with Crippen molar-refractivity contribution in [1.29, 1.82) is 0 Å². The van der Waals surface area contributed by atoms with Crippen molar-refractivity contribution in [3.05, 3.63) is 88.7 Å². The van der Waals surface area contributed by atoms with E-state index >= 15 is 0 Å². The molecule has 176 valence electrons. The van der Waals surface area contributed by atoms with Crippen molar-refractivity contribution in [1.82, 2.24) is 25.1 Å². The van der Waals surface area contributed by atoms with E-state index in [1.54, 1.807) is 19.1 Å². The Labute approximate surface area is 196 Å². The molecule has 0 fully saturated rings. The van der Waals surface area contributed by atoms with Crippen LogP contribution in [0.3, 0.4) is 0 Å². The maximum absolute atomic E-state index is 14.7. The average molecular weight is 488 g/mol. The molecule has 0 saturated carbocycles. The SMILES string of the molecule is Cc1nc(-c2ccc(F)cc2)sc1C(=O)N[C@H](C)[C@](O)(Cn1cncn1)c1ccc(F)cc1F. The summed E-state index contributed by atoms with van der Waals surface area (Å²) in [7, 11) is 0. The van der Waals surface area contributed by atoms with Crippen LogP contribution in [-0.2, 0) is 12.1 Å². The molecule has 4 rings (SSSR count). The van der Waals surface area contributed by atoms with Gasteiger partial charge < -0.3 is 10.4 Å². The Hall–Kier alpha value is -3.57. The first-order valence-electron chi connectivity index (χ1n) is 10.2. The Morgan fingerprint density at radius 1 is 1.18 bits per heavy atom. The Balaban J connectivity index is 1.63. The van der Waals surface area contributed by atoms with E-state index in [0.29, 0.717) is 22.3 Å². The van der Waals surface area contributed by atoms with Crippen molar-refractivity contribution in [3.63, 3.8) is 0 Å². The van der Waals surface area contributed by atoms with Crippen LogP contribution in [0.25, 0.3) is 10.6 Å². The van der Waals surface area contributed by atoms with Crippen LogP contribution >= 0.6 is 11.3 Å². The summed E-state index contributed by atoms with van der Waals surface area (Å²) in [5, 5.41) is 18.7. The number of hydrogen-bond acceptors (Lipinski definition) is 6. The molecule has 2 aromatic heterocycles. The molecule has 1 amide bonds. The van der Waals surface area contributed by atoms with Crippen LogP contribution in [0.4, 0.5) is 13.2 Å². The van der Waals surface area contributed by atoms with Crippen molar-refractivity contribution < 1.29 is 23.1 Å². The molecule has 0 aliphatic rings. The summed E-state index contributed by atoms with van der Waals surface area (Å²) in [6.07, 6.45) is 2.59. The second-order valence-electron chi connectivity index (χ2n) is 7.78. The van der Waals surface area contributed by atoms with Gasteiger partial charge in [0.25, 0.3) is 5.91 Å². The van der Waals surface area contributed by atoms with Gasteiger partial charge in [-0.3, -0.25) is 4.79 Å². The number of aliphatic hydroxyl groups is 1. The lowest BCUT2D eigenvalue weighted by Gasteiger charge is -2.35. The summed E-state index contributed by atoms with van der Waals surface area (Å²) in [6, 6.07) is 7.53. The lowest BCUT2D eigenvalue weighted by Crippen LogP contribution is -2.51. The molecule has 2 heterocycles. The van der Waals surface area contributed by atoms with E-state index in [-0.39, 0.29) is 22.8 Å². The van der Waals surface area contributed by atoms with E-state index in [9.17, 15) is 23.1 Å². The van der Waals surface area contributed by atoms with Gasteiger partial charge in [-0.2, -0.15) is 5.10 Å². The summed E-state index contributed by atoms with van der Waals surface area (Å²) in [5.41, 5.74) is -1.09.